The van der Waals surface area contributed by atoms with E-state index in [-0.39, 0.29) is 12.4 Å². The largest absolute Gasteiger partial charge is 0.455 e. The second-order valence-corrected chi connectivity index (χ2v) is 7.30. The third kappa shape index (κ3) is 3.44. The van der Waals surface area contributed by atoms with Gasteiger partial charge >= 0.3 is 5.97 Å². The van der Waals surface area contributed by atoms with E-state index < -0.39 is 11.8 Å². The topological polar surface area (TPSA) is 98.6 Å². The molecule has 0 saturated carbocycles. The highest BCUT2D eigenvalue weighted by molar-refractivity contribution is 7.13. The van der Waals surface area contributed by atoms with Crippen molar-refractivity contribution in [2.24, 2.45) is 0 Å². The summed E-state index contributed by atoms with van der Waals surface area (Å²) in [5.41, 5.74) is 2.62. The molecule has 0 amide bonds. The maximum atomic E-state index is 13.7. The summed E-state index contributed by atoms with van der Waals surface area (Å²) in [6.07, 6.45) is 0. The number of halogens is 1. The number of ether oxygens (including phenoxy) is 1. The number of thiophene rings is 1. The van der Waals surface area contributed by atoms with Gasteiger partial charge in [0.05, 0.1) is 10.6 Å². The first-order chi connectivity index (χ1) is 14.7. The first kappa shape index (κ1) is 18.1. The van der Waals surface area contributed by atoms with Gasteiger partial charge in [-0.2, -0.15) is 20.4 Å². The molecule has 8 nitrogen and oxygen atoms in total. The Morgan fingerprint density at radius 3 is 2.83 bits per heavy atom. The van der Waals surface area contributed by atoms with Gasteiger partial charge in [-0.15, -0.1) is 16.4 Å². The molecule has 0 radical (unpaired) electrons. The molecule has 0 aliphatic rings. The molecule has 3 aromatic heterocycles. The number of esters is 1. The summed E-state index contributed by atoms with van der Waals surface area (Å²) in [4.78, 5) is 17.7. The Hall–Kier alpha value is -3.92. The average molecular weight is 420 g/mol. The fourth-order valence-electron chi connectivity index (χ4n) is 2.94. The van der Waals surface area contributed by atoms with Crippen LogP contribution in [0.5, 0.6) is 0 Å². The Morgan fingerprint density at radius 1 is 1.10 bits per heavy atom. The van der Waals surface area contributed by atoms with Crippen molar-refractivity contribution in [3.63, 3.8) is 0 Å². The Labute approximate surface area is 173 Å². The molecule has 0 spiro atoms. The van der Waals surface area contributed by atoms with Gasteiger partial charge in [0, 0.05) is 0 Å². The van der Waals surface area contributed by atoms with Crippen LogP contribution in [0.15, 0.2) is 60.0 Å². The molecule has 5 aromatic rings. The molecule has 0 fully saturated rings. The molecular weight excluding hydrogens is 407 g/mol. The first-order valence-electron chi connectivity index (χ1n) is 8.91. The van der Waals surface area contributed by atoms with Crippen molar-refractivity contribution in [3.05, 3.63) is 77.2 Å². The van der Waals surface area contributed by atoms with Crippen LogP contribution in [0.4, 0.5) is 4.39 Å². The van der Waals surface area contributed by atoms with Crippen LogP contribution in [0, 0.1) is 5.82 Å². The van der Waals surface area contributed by atoms with Crippen molar-refractivity contribution in [3.8, 4) is 16.4 Å². The molecule has 1 N–H and O–H groups in total. The number of rotatable bonds is 5. The lowest BCUT2D eigenvalue weighted by Crippen LogP contribution is -2.08. The number of benzene rings is 2. The number of hydrogen-bond acceptors (Lipinski definition) is 7. The van der Waals surface area contributed by atoms with Crippen LogP contribution in [0.25, 0.3) is 27.4 Å². The van der Waals surface area contributed by atoms with Crippen LogP contribution in [0.3, 0.4) is 0 Å². The van der Waals surface area contributed by atoms with E-state index in [1.54, 1.807) is 30.3 Å². The lowest BCUT2D eigenvalue weighted by Gasteiger charge is -2.04. The maximum Gasteiger partial charge on any atom is 0.378 e. The Balaban J connectivity index is 1.43. The van der Waals surface area contributed by atoms with Gasteiger partial charge in [-0.1, -0.05) is 18.2 Å². The molecule has 0 unspecified atom stereocenters. The van der Waals surface area contributed by atoms with Crippen LogP contribution < -0.4 is 0 Å². The zero-order valence-corrected chi connectivity index (χ0v) is 16.1. The van der Waals surface area contributed by atoms with Gasteiger partial charge in [0.2, 0.25) is 0 Å². The van der Waals surface area contributed by atoms with Crippen LogP contribution in [0.1, 0.15) is 16.2 Å². The van der Waals surface area contributed by atoms with Crippen LogP contribution in [0.2, 0.25) is 0 Å². The van der Waals surface area contributed by atoms with E-state index in [9.17, 15) is 9.18 Å². The summed E-state index contributed by atoms with van der Waals surface area (Å²) in [7, 11) is 0. The number of carbonyl (C=O) groups is 1. The second-order valence-electron chi connectivity index (χ2n) is 6.35. The average Bonchev–Trinajstić information content (AvgIpc) is 3.51. The van der Waals surface area contributed by atoms with E-state index in [4.69, 9.17) is 4.74 Å². The number of fused-ring (bicyclic) bond motifs is 1. The molecule has 30 heavy (non-hydrogen) atoms. The van der Waals surface area contributed by atoms with Gasteiger partial charge < -0.3 is 4.74 Å². The van der Waals surface area contributed by atoms with Crippen LogP contribution >= 0.6 is 11.3 Å². The number of aromatic amines is 1. The van der Waals surface area contributed by atoms with Gasteiger partial charge in [-0.3, -0.25) is 0 Å². The van der Waals surface area contributed by atoms with Gasteiger partial charge in [0.25, 0.3) is 5.82 Å². The molecule has 0 aliphatic carbocycles. The third-order valence-electron chi connectivity index (χ3n) is 4.33. The van der Waals surface area contributed by atoms with Gasteiger partial charge in [-0.05, 0) is 47.3 Å². The molecule has 0 aliphatic heterocycles. The number of hydrogen-bond donors (Lipinski definition) is 1. The highest BCUT2D eigenvalue weighted by atomic mass is 32.1. The standard InChI is InChI=1S/C20H13FN6O2S/c21-13-3-1-4-14(10-13)27-19(17-5-2-8-30-17)22-18(25-27)20(28)29-11-12-6-7-15-16(9-12)24-26-23-15/h1-10H,11H2,(H,23,24,26). The van der Waals surface area contributed by atoms with Crippen LogP contribution in [-0.2, 0) is 11.3 Å². The lowest BCUT2D eigenvalue weighted by atomic mass is 10.2. The quantitative estimate of drug-likeness (QED) is 0.435. The van der Waals surface area contributed by atoms with E-state index in [1.807, 2.05) is 17.5 Å². The summed E-state index contributed by atoms with van der Waals surface area (Å²) in [5, 5.41) is 16.7. The minimum absolute atomic E-state index is 0.0322. The third-order valence-corrected chi connectivity index (χ3v) is 5.20. The second kappa shape index (κ2) is 7.48. The Bertz CT molecular complexity index is 1340. The number of aromatic nitrogens is 6. The number of nitrogens with one attached hydrogen (secondary N) is 1. The molecular formula is C20H13FN6O2S. The highest BCUT2D eigenvalue weighted by Gasteiger charge is 2.21. The number of H-pyrrole nitrogens is 1. The minimum Gasteiger partial charge on any atom is -0.455 e. The summed E-state index contributed by atoms with van der Waals surface area (Å²) >= 11 is 1.44. The van der Waals surface area contributed by atoms with Crippen molar-refractivity contribution in [2.45, 2.75) is 6.61 Å². The molecule has 0 atom stereocenters. The van der Waals surface area contributed by atoms with Crippen molar-refractivity contribution >= 4 is 28.3 Å². The lowest BCUT2D eigenvalue weighted by molar-refractivity contribution is 0.0458. The van der Waals surface area contributed by atoms with Gasteiger partial charge in [0.15, 0.2) is 5.82 Å². The monoisotopic (exact) mass is 420 g/mol. The van der Waals surface area contributed by atoms with E-state index in [2.05, 4.69) is 25.5 Å². The molecule has 10 heteroatoms. The molecule has 5 rings (SSSR count). The van der Waals surface area contributed by atoms with Crippen molar-refractivity contribution in [2.75, 3.05) is 0 Å². The van der Waals surface area contributed by atoms with Gasteiger partial charge in [-0.25, -0.2) is 13.9 Å². The summed E-state index contributed by atoms with van der Waals surface area (Å²) in [5.74, 6) is -0.757. The smallest absolute Gasteiger partial charge is 0.378 e. The van der Waals surface area contributed by atoms with Crippen molar-refractivity contribution in [1.29, 1.82) is 0 Å². The zero-order chi connectivity index (χ0) is 20.5. The fraction of sp³-hybridized carbons (Fsp3) is 0.0500. The molecule has 0 saturated heterocycles. The van der Waals surface area contributed by atoms with E-state index in [1.165, 1.54) is 28.2 Å². The Morgan fingerprint density at radius 2 is 2.00 bits per heavy atom. The fourth-order valence-corrected chi connectivity index (χ4v) is 3.64. The summed E-state index contributed by atoms with van der Waals surface area (Å²) < 4.78 is 20.5. The van der Waals surface area contributed by atoms with Crippen molar-refractivity contribution < 1.29 is 13.9 Å². The van der Waals surface area contributed by atoms with Crippen LogP contribution in [-0.4, -0.2) is 36.1 Å². The molecule has 2 aromatic carbocycles. The predicted octanol–water partition coefficient (Wildman–Crippen LogP) is 3.76. The molecule has 3 heterocycles. The zero-order valence-electron chi connectivity index (χ0n) is 15.3. The first-order valence-corrected chi connectivity index (χ1v) is 9.79. The highest BCUT2D eigenvalue weighted by Crippen LogP contribution is 2.26. The van der Waals surface area contributed by atoms with E-state index in [0.717, 1.165) is 16.0 Å². The Kier molecular flexibility index (Phi) is 4.52. The molecule has 0 bridgehead atoms. The predicted molar refractivity (Wildman–Crippen MR) is 108 cm³/mol. The van der Waals surface area contributed by atoms with E-state index >= 15 is 0 Å². The van der Waals surface area contributed by atoms with Crippen molar-refractivity contribution in [1.82, 2.24) is 30.2 Å². The van der Waals surface area contributed by atoms with E-state index in [0.29, 0.717) is 17.0 Å². The maximum absolute atomic E-state index is 13.7. The normalized spacial score (nSPS) is 11.1. The SMILES string of the molecule is O=C(OCc1ccc2n[nH]nc2c1)c1nc(-c2cccs2)n(-c2cccc(F)c2)n1. The summed E-state index contributed by atoms with van der Waals surface area (Å²) in [6, 6.07) is 15.0. The minimum atomic E-state index is -0.678. The number of nitrogens with zero attached hydrogens (tertiary/aromatic N) is 5. The molecule has 148 valence electrons. The van der Waals surface area contributed by atoms with Gasteiger partial charge in [0.1, 0.15) is 23.5 Å². The number of carbonyl (C=O) groups excluding carboxylic acids is 1. The summed E-state index contributed by atoms with van der Waals surface area (Å²) in [6.45, 7) is 0.0322.